The zero-order valence-corrected chi connectivity index (χ0v) is 20.7. The minimum atomic E-state index is -0.264. The highest BCUT2D eigenvalue weighted by Gasteiger charge is 2.26. The van der Waals surface area contributed by atoms with Gasteiger partial charge in [0.25, 0.3) is 5.56 Å². The maximum Gasteiger partial charge on any atom is 0.260 e. The van der Waals surface area contributed by atoms with E-state index in [-0.39, 0.29) is 17.7 Å². The summed E-state index contributed by atoms with van der Waals surface area (Å²) in [7, 11) is 2.19. The van der Waals surface area contributed by atoms with Crippen molar-refractivity contribution in [3.8, 4) is 0 Å². The third kappa shape index (κ3) is 4.81. The first-order chi connectivity index (χ1) is 17.0. The summed E-state index contributed by atoms with van der Waals surface area (Å²) in [5, 5.41) is 16.1. The van der Waals surface area contributed by atoms with E-state index >= 15 is 0 Å². The summed E-state index contributed by atoms with van der Waals surface area (Å²) in [6.07, 6.45) is 10.7. The normalized spacial score (nSPS) is 24.3. The Morgan fingerprint density at radius 3 is 2.49 bits per heavy atom. The van der Waals surface area contributed by atoms with Gasteiger partial charge in [0.2, 0.25) is 5.95 Å². The van der Waals surface area contributed by atoms with Crippen LogP contribution in [0, 0.1) is 11.8 Å². The van der Waals surface area contributed by atoms with Gasteiger partial charge in [-0.25, -0.2) is 4.98 Å². The first-order valence-corrected chi connectivity index (χ1v) is 13.5. The molecule has 2 aromatic heterocycles. The molecule has 1 aliphatic heterocycles. The van der Waals surface area contributed by atoms with E-state index < -0.39 is 0 Å². The molecular formula is C28H37N5O2. The number of hydrogen-bond donors (Lipinski definition) is 2. The van der Waals surface area contributed by atoms with E-state index in [9.17, 15) is 9.90 Å². The summed E-state index contributed by atoms with van der Waals surface area (Å²) >= 11 is 0. The molecule has 0 spiro atoms. The fraction of sp³-hybridized carbons (Fsp3) is 0.607. The van der Waals surface area contributed by atoms with Crippen molar-refractivity contribution >= 4 is 27.8 Å². The van der Waals surface area contributed by atoms with Crippen LogP contribution in [0.5, 0.6) is 0 Å². The fourth-order valence-electron chi connectivity index (χ4n) is 6.00. The van der Waals surface area contributed by atoms with Crippen molar-refractivity contribution in [2.24, 2.45) is 11.8 Å². The summed E-state index contributed by atoms with van der Waals surface area (Å²) < 4.78 is 1.92. The highest BCUT2D eigenvalue weighted by Crippen LogP contribution is 2.33. The number of aliphatic hydroxyl groups excluding tert-OH is 1. The van der Waals surface area contributed by atoms with Gasteiger partial charge in [0.1, 0.15) is 5.65 Å². The number of hydrogen-bond acceptors (Lipinski definition) is 6. The van der Waals surface area contributed by atoms with Gasteiger partial charge in [0.15, 0.2) is 0 Å². The lowest BCUT2D eigenvalue weighted by atomic mass is 9.89. The van der Waals surface area contributed by atoms with E-state index in [1.54, 1.807) is 0 Å². The van der Waals surface area contributed by atoms with Gasteiger partial charge in [0, 0.05) is 29.6 Å². The summed E-state index contributed by atoms with van der Waals surface area (Å²) in [5.74, 6) is 2.00. The maximum absolute atomic E-state index is 14.0. The van der Waals surface area contributed by atoms with E-state index in [1.165, 1.54) is 31.2 Å². The minimum absolute atomic E-state index is 0.0472. The molecule has 0 unspecified atom stereocenters. The molecule has 3 aromatic rings. The van der Waals surface area contributed by atoms with Gasteiger partial charge in [-0.05, 0) is 107 Å². The lowest BCUT2D eigenvalue weighted by molar-refractivity contribution is 0.111. The number of likely N-dealkylation sites (tertiary alicyclic amines) is 1. The van der Waals surface area contributed by atoms with Crippen LogP contribution in [-0.4, -0.2) is 57.3 Å². The smallest absolute Gasteiger partial charge is 0.260 e. The Morgan fingerprint density at radius 2 is 1.74 bits per heavy atom. The fourth-order valence-corrected chi connectivity index (χ4v) is 6.00. The Morgan fingerprint density at radius 1 is 0.971 bits per heavy atom. The van der Waals surface area contributed by atoms with Gasteiger partial charge in [-0.3, -0.25) is 9.36 Å². The predicted octanol–water partition coefficient (Wildman–Crippen LogP) is 4.13. The quantitative estimate of drug-likeness (QED) is 0.522. The topological polar surface area (TPSA) is 83.3 Å². The molecule has 2 saturated carbocycles. The number of nitrogens with zero attached hydrogens (tertiary/aromatic N) is 4. The minimum Gasteiger partial charge on any atom is -0.393 e. The first-order valence-electron chi connectivity index (χ1n) is 13.5. The largest absolute Gasteiger partial charge is 0.393 e. The lowest BCUT2D eigenvalue weighted by Gasteiger charge is -2.29. The number of piperidine rings is 1. The maximum atomic E-state index is 14.0. The van der Waals surface area contributed by atoms with Crippen LogP contribution in [0.25, 0.3) is 21.8 Å². The molecule has 2 N–H and O–H groups in total. The second kappa shape index (κ2) is 9.51. The van der Waals surface area contributed by atoms with Gasteiger partial charge in [0.05, 0.1) is 6.10 Å². The molecule has 6 rings (SSSR count). The monoisotopic (exact) mass is 475 g/mol. The summed E-state index contributed by atoms with van der Waals surface area (Å²) in [5.41, 5.74) is 2.02. The van der Waals surface area contributed by atoms with E-state index in [0.29, 0.717) is 11.9 Å². The highest BCUT2D eigenvalue weighted by molar-refractivity contribution is 6.04. The molecule has 1 saturated heterocycles. The number of aromatic nitrogens is 3. The molecule has 3 aliphatic rings. The standard InChI is InChI=1S/C28H37N5O2/c1-32-12-10-18(11-13-32)14-20-4-9-23-24(15-20)27(35)33(21-5-7-22(34)8-6-21)26-25(23)17-30-28(31-26)29-16-19-2-3-19/h4,9,15,17-19,21-22,34H,2-3,5-8,10-14,16H2,1H3,(H,29,30,31). The van der Waals surface area contributed by atoms with Crippen LogP contribution in [-0.2, 0) is 6.42 Å². The average molecular weight is 476 g/mol. The number of anilines is 1. The highest BCUT2D eigenvalue weighted by atomic mass is 16.3. The number of nitrogens with one attached hydrogen (secondary N) is 1. The average Bonchev–Trinajstić information content (AvgIpc) is 3.70. The third-order valence-electron chi connectivity index (χ3n) is 8.46. The van der Waals surface area contributed by atoms with Gasteiger partial charge in [-0.2, -0.15) is 4.98 Å². The molecule has 1 aromatic carbocycles. The van der Waals surface area contributed by atoms with Gasteiger partial charge in [-0.15, -0.1) is 0 Å². The first kappa shape index (κ1) is 22.9. The van der Waals surface area contributed by atoms with E-state index in [4.69, 9.17) is 4.98 Å². The van der Waals surface area contributed by atoms with Gasteiger partial charge < -0.3 is 15.3 Å². The van der Waals surface area contributed by atoms with Gasteiger partial charge in [-0.1, -0.05) is 12.1 Å². The van der Waals surface area contributed by atoms with Crippen LogP contribution in [0.1, 0.15) is 63.0 Å². The molecule has 0 atom stereocenters. The van der Waals surface area contributed by atoms with Crippen molar-refractivity contribution in [2.75, 3.05) is 32.0 Å². The summed E-state index contributed by atoms with van der Waals surface area (Å²) in [6.45, 7) is 3.19. The van der Waals surface area contributed by atoms with E-state index in [1.807, 2.05) is 10.8 Å². The molecule has 7 nitrogen and oxygen atoms in total. The van der Waals surface area contributed by atoms with Crippen LogP contribution in [0.2, 0.25) is 0 Å². The number of pyridine rings is 1. The number of aliphatic hydroxyl groups is 1. The number of rotatable bonds is 6. The van der Waals surface area contributed by atoms with Crippen molar-refractivity contribution in [1.82, 2.24) is 19.4 Å². The van der Waals surface area contributed by atoms with E-state index in [0.717, 1.165) is 79.5 Å². The van der Waals surface area contributed by atoms with Crippen molar-refractivity contribution in [3.63, 3.8) is 0 Å². The van der Waals surface area contributed by atoms with Crippen molar-refractivity contribution in [3.05, 3.63) is 40.3 Å². The van der Waals surface area contributed by atoms with Crippen LogP contribution in [0.15, 0.2) is 29.2 Å². The molecule has 35 heavy (non-hydrogen) atoms. The van der Waals surface area contributed by atoms with Crippen molar-refractivity contribution < 1.29 is 5.11 Å². The third-order valence-corrected chi connectivity index (χ3v) is 8.46. The Hall–Kier alpha value is -2.51. The Labute approximate surface area is 206 Å². The molecule has 3 heterocycles. The van der Waals surface area contributed by atoms with Crippen molar-refractivity contribution in [2.45, 2.75) is 69.9 Å². The second-order valence-electron chi connectivity index (χ2n) is 11.2. The van der Waals surface area contributed by atoms with Crippen LogP contribution >= 0.6 is 0 Å². The molecule has 3 fully saturated rings. The van der Waals surface area contributed by atoms with Crippen LogP contribution in [0.3, 0.4) is 0 Å². The molecule has 186 valence electrons. The molecule has 0 amide bonds. The predicted molar refractivity (Wildman–Crippen MR) is 140 cm³/mol. The summed E-state index contributed by atoms with van der Waals surface area (Å²) in [6, 6.07) is 6.49. The zero-order chi connectivity index (χ0) is 23.9. The van der Waals surface area contributed by atoms with Gasteiger partial charge >= 0.3 is 0 Å². The van der Waals surface area contributed by atoms with E-state index in [2.05, 4.69) is 40.4 Å². The lowest BCUT2D eigenvalue weighted by Crippen LogP contribution is -2.31. The number of benzene rings is 1. The Balaban J connectivity index is 1.42. The second-order valence-corrected chi connectivity index (χ2v) is 11.2. The zero-order valence-electron chi connectivity index (χ0n) is 20.7. The molecule has 0 bridgehead atoms. The Bertz CT molecular complexity index is 1270. The SMILES string of the molecule is CN1CCC(Cc2ccc3c(c2)c(=O)n(C2CCC(O)CC2)c2nc(NCC4CC4)ncc32)CC1. The van der Waals surface area contributed by atoms with Crippen LogP contribution in [0.4, 0.5) is 5.95 Å². The Kier molecular flexibility index (Phi) is 6.23. The number of fused-ring (bicyclic) bond motifs is 3. The molecule has 7 heteroatoms. The van der Waals surface area contributed by atoms with Crippen molar-refractivity contribution in [1.29, 1.82) is 0 Å². The molecular weight excluding hydrogens is 438 g/mol. The molecule has 2 aliphatic carbocycles. The van der Waals surface area contributed by atoms with Crippen LogP contribution < -0.4 is 10.9 Å². The molecule has 0 radical (unpaired) electrons. The summed E-state index contributed by atoms with van der Waals surface area (Å²) in [4.78, 5) is 25.9.